The van der Waals surface area contributed by atoms with Gasteiger partial charge in [-0.05, 0) is 18.2 Å². The third kappa shape index (κ3) is 2.61. The number of aromatic nitrogens is 2. The first kappa shape index (κ1) is 15.6. The van der Waals surface area contributed by atoms with Crippen molar-refractivity contribution < 1.29 is 19.2 Å². The summed E-state index contributed by atoms with van der Waals surface area (Å²) >= 11 is 0. The summed E-state index contributed by atoms with van der Waals surface area (Å²) in [6.45, 7) is 0. The van der Waals surface area contributed by atoms with Crippen LogP contribution >= 0.6 is 0 Å². The maximum absolute atomic E-state index is 12.4. The smallest absolute Gasteiger partial charge is 0.324 e. The molecule has 2 aromatic carbocycles. The summed E-state index contributed by atoms with van der Waals surface area (Å²) in [5, 5.41) is 8.24. The number of hydrogen-bond acceptors (Lipinski definition) is 6. The van der Waals surface area contributed by atoms with Crippen LogP contribution in [0.5, 0.6) is 0 Å². The van der Waals surface area contributed by atoms with E-state index in [4.69, 9.17) is 4.84 Å². The molecule has 7 heteroatoms. The highest BCUT2D eigenvalue weighted by molar-refractivity contribution is 6.21. The molecule has 2 amide bonds. The van der Waals surface area contributed by atoms with Gasteiger partial charge in [-0.1, -0.05) is 47.5 Å². The highest BCUT2D eigenvalue weighted by atomic mass is 16.7. The van der Waals surface area contributed by atoms with Crippen LogP contribution in [0.3, 0.4) is 0 Å². The number of benzene rings is 2. The van der Waals surface area contributed by atoms with Gasteiger partial charge in [-0.2, -0.15) is 10.2 Å². The Morgan fingerprint density at radius 1 is 0.885 bits per heavy atom. The molecule has 1 aliphatic rings. The van der Waals surface area contributed by atoms with Gasteiger partial charge >= 0.3 is 5.97 Å². The SMILES string of the molecule is O=C(ON1C(=O)c2ccccc2C1=O)c1cnnc(-c2ccccc2)c1. The maximum Gasteiger partial charge on any atom is 0.365 e. The molecule has 4 rings (SSSR count). The van der Waals surface area contributed by atoms with Crippen molar-refractivity contribution in [2.75, 3.05) is 0 Å². The van der Waals surface area contributed by atoms with Crippen LogP contribution in [0.1, 0.15) is 31.1 Å². The summed E-state index contributed by atoms with van der Waals surface area (Å²) in [4.78, 5) is 41.9. The Morgan fingerprint density at radius 2 is 1.50 bits per heavy atom. The Hall–Kier alpha value is -3.87. The number of carbonyl (C=O) groups is 3. The van der Waals surface area contributed by atoms with Crippen molar-refractivity contribution in [1.29, 1.82) is 0 Å². The topological polar surface area (TPSA) is 89.5 Å². The highest BCUT2D eigenvalue weighted by Crippen LogP contribution is 2.24. The molecule has 26 heavy (non-hydrogen) atoms. The molecule has 0 bridgehead atoms. The number of hydrogen-bond donors (Lipinski definition) is 0. The number of fused-ring (bicyclic) bond motifs is 1. The lowest BCUT2D eigenvalue weighted by molar-refractivity contribution is -0.0584. The van der Waals surface area contributed by atoms with Crippen LogP contribution in [0.15, 0.2) is 66.9 Å². The second kappa shape index (κ2) is 6.21. The van der Waals surface area contributed by atoms with Crippen LogP contribution in [0.4, 0.5) is 0 Å². The third-order valence-corrected chi connectivity index (χ3v) is 3.89. The molecule has 0 fully saturated rings. The van der Waals surface area contributed by atoms with Gasteiger partial charge in [0.25, 0.3) is 11.8 Å². The van der Waals surface area contributed by atoms with Crippen LogP contribution in [0, 0.1) is 0 Å². The predicted octanol–water partition coefficient (Wildman–Crippen LogP) is 2.51. The van der Waals surface area contributed by atoms with E-state index in [0.29, 0.717) is 10.8 Å². The molecule has 7 nitrogen and oxygen atoms in total. The molecule has 126 valence electrons. The molecule has 0 spiro atoms. The lowest BCUT2D eigenvalue weighted by atomic mass is 10.1. The van der Waals surface area contributed by atoms with Crippen LogP contribution in [0.25, 0.3) is 11.3 Å². The Bertz CT molecular complexity index is 999. The average Bonchev–Trinajstić information content (AvgIpc) is 2.94. The van der Waals surface area contributed by atoms with E-state index < -0.39 is 17.8 Å². The molecule has 0 unspecified atom stereocenters. The van der Waals surface area contributed by atoms with Crippen molar-refractivity contribution in [1.82, 2.24) is 15.3 Å². The van der Waals surface area contributed by atoms with E-state index in [1.165, 1.54) is 24.4 Å². The zero-order valence-corrected chi connectivity index (χ0v) is 13.3. The Morgan fingerprint density at radius 3 is 2.15 bits per heavy atom. The van der Waals surface area contributed by atoms with Crippen LogP contribution in [0.2, 0.25) is 0 Å². The zero-order chi connectivity index (χ0) is 18.1. The first-order valence-corrected chi connectivity index (χ1v) is 7.73. The van der Waals surface area contributed by atoms with Gasteiger partial charge in [0.05, 0.1) is 28.6 Å². The molecule has 0 aliphatic carbocycles. The van der Waals surface area contributed by atoms with Crippen LogP contribution < -0.4 is 0 Å². The van der Waals surface area contributed by atoms with Crippen molar-refractivity contribution in [2.24, 2.45) is 0 Å². The maximum atomic E-state index is 12.4. The monoisotopic (exact) mass is 345 g/mol. The summed E-state index contributed by atoms with van der Waals surface area (Å²) < 4.78 is 0. The van der Waals surface area contributed by atoms with E-state index in [9.17, 15) is 14.4 Å². The van der Waals surface area contributed by atoms with Crippen molar-refractivity contribution in [3.8, 4) is 11.3 Å². The average molecular weight is 345 g/mol. The van der Waals surface area contributed by atoms with Gasteiger partial charge in [0, 0.05) is 5.56 Å². The number of rotatable bonds is 3. The minimum Gasteiger partial charge on any atom is -0.324 e. The van der Waals surface area contributed by atoms with E-state index in [1.807, 2.05) is 30.3 Å². The van der Waals surface area contributed by atoms with E-state index in [1.54, 1.807) is 12.1 Å². The van der Waals surface area contributed by atoms with Crippen LogP contribution in [-0.2, 0) is 4.84 Å². The summed E-state index contributed by atoms with van der Waals surface area (Å²) in [7, 11) is 0. The van der Waals surface area contributed by atoms with Gasteiger partial charge in [-0.25, -0.2) is 4.79 Å². The van der Waals surface area contributed by atoms with Crippen molar-refractivity contribution in [3.05, 3.63) is 83.6 Å². The number of imide groups is 1. The molecule has 2 heterocycles. The van der Waals surface area contributed by atoms with Gasteiger partial charge in [-0.3, -0.25) is 9.59 Å². The number of carbonyl (C=O) groups excluding carboxylic acids is 3. The molecule has 0 atom stereocenters. The molecule has 0 saturated carbocycles. The van der Waals surface area contributed by atoms with E-state index in [0.717, 1.165) is 5.56 Å². The summed E-state index contributed by atoms with van der Waals surface area (Å²) in [6.07, 6.45) is 1.22. The van der Waals surface area contributed by atoms with E-state index >= 15 is 0 Å². The summed E-state index contributed by atoms with van der Waals surface area (Å²) in [5.74, 6) is -2.22. The Balaban J connectivity index is 1.58. The van der Waals surface area contributed by atoms with E-state index in [-0.39, 0.29) is 16.7 Å². The normalized spacial score (nSPS) is 12.8. The molecular formula is C19H11N3O4. The van der Waals surface area contributed by atoms with Gasteiger partial charge in [0.1, 0.15) is 0 Å². The summed E-state index contributed by atoms with van der Waals surface area (Å²) in [6, 6.07) is 16.9. The van der Waals surface area contributed by atoms with Crippen LogP contribution in [-0.4, -0.2) is 33.0 Å². The first-order valence-electron chi connectivity index (χ1n) is 7.73. The van der Waals surface area contributed by atoms with Gasteiger partial charge in [0.2, 0.25) is 0 Å². The quantitative estimate of drug-likeness (QED) is 0.678. The molecule has 0 radical (unpaired) electrons. The first-order chi connectivity index (χ1) is 12.6. The minimum atomic E-state index is -0.869. The summed E-state index contributed by atoms with van der Waals surface area (Å²) in [5.41, 5.74) is 1.72. The predicted molar refractivity (Wildman–Crippen MR) is 89.8 cm³/mol. The fourth-order valence-electron chi connectivity index (χ4n) is 2.61. The number of nitrogens with zero attached hydrogens (tertiary/aromatic N) is 3. The fraction of sp³-hybridized carbons (Fsp3) is 0. The second-order valence-corrected chi connectivity index (χ2v) is 5.52. The van der Waals surface area contributed by atoms with Crippen molar-refractivity contribution in [3.63, 3.8) is 0 Å². The molecule has 0 saturated heterocycles. The minimum absolute atomic E-state index is 0.0791. The fourth-order valence-corrected chi connectivity index (χ4v) is 2.61. The molecule has 1 aliphatic heterocycles. The largest absolute Gasteiger partial charge is 0.365 e. The molecule has 1 aromatic heterocycles. The number of hydroxylamine groups is 2. The molecule has 3 aromatic rings. The lowest BCUT2D eigenvalue weighted by Gasteiger charge is -2.12. The van der Waals surface area contributed by atoms with Crippen molar-refractivity contribution in [2.45, 2.75) is 0 Å². The lowest BCUT2D eigenvalue weighted by Crippen LogP contribution is -2.32. The van der Waals surface area contributed by atoms with Gasteiger partial charge in [-0.15, -0.1) is 0 Å². The Labute approximate surface area is 147 Å². The Kier molecular flexibility index (Phi) is 3.74. The van der Waals surface area contributed by atoms with E-state index in [2.05, 4.69) is 10.2 Å². The van der Waals surface area contributed by atoms with Gasteiger partial charge in [0.15, 0.2) is 0 Å². The molecule has 0 N–H and O–H groups in total. The molecular weight excluding hydrogens is 334 g/mol. The second-order valence-electron chi connectivity index (χ2n) is 5.52. The van der Waals surface area contributed by atoms with Crippen molar-refractivity contribution >= 4 is 17.8 Å². The highest BCUT2D eigenvalue weighted by Gasteiger charge is 2.38. The van der Waals surface area contributed by atoms with Gasteiger partial charge < -0.3 is 4.84 Å². The zero-order valence-electron chi connectivity index (χ0n) is 13.3. The standard InChI is InChI=1S/C19H11N3O4/c23-17-14-8-4-5-9-15(14)18(24)22(17)26-19(25)13-10-16(21-20-11-13)12-6-2-1-3-7-12/h1-11H. The number of amides is 2. The third-order valence-electron chi connectivity index (χ3n) is 3.89.